The Kier molecular flexibility index (Phi) is 7.32. The van der Waals surface area contributed by atoms with Gasteiger partial charge in [-0.05, 0) is 129 Å². The number of hydrogen-bond acceptors (Lipinski definition) is 6. The third-order valence-corrected chi connectivity index (χ3v) is 11.0. The van der Waals surface area contributed by atoms with E-state index in [1.807, 2.05) is 46.4 Å². The summed E-state index contributed by atoms with van der Waals surface area (Å²) in [5, 5.41) is 0. The number of nitrogens with zero attached hydrogens (tertiary/aromatic N) is 2. The maximum absolute atomic E-state index is 12.6. The number of amides is 2. The Morgan fingerprint density at radius 3 is 1.30 bits per heavy atom. The van der Waals surface area contributed by atoms with Crippen molar-refractivity contribution in [2.75, 3.05) is 26.2 Å². The number of likely N-dealkylation sites (tertiary alicyclic amines) is 2. The summed E-state index contributed by atoms with van der Waals surface area (Å²) in [6, 6.07) is 0.357. The highest BCUT2D eigenvalue weighted by Crippen LogP contribution is 2.65. The van der Waals surface area contributed by atoms with Crippen LogP contribution in [0.1, 0.15) is 119 Å². The van der Waals surface area contributed by atoms with Gasteiger partial charge in [0.15, 0.2) is 0 Å². The first-order chi connectivity index (χ1) is 18.5. The quantitative estimate of drug-likeness (QED) is 0.388. The molecule has 40 heavy (non-hydrogen) atoms. The monoisotopic (exact) mass is 559 g/mol. The Bertz CT molecular complexity index is 1000. The number of piperidine rings is 2. The van der Waals surface area contributed by atoms with Gasteiger partial charge in [-0.2, -0.15) is 0 Å². The van der Waals surface area contributed by atoms with Crippen LogP contribution in [0.3, 0.4) is 0 Å². The first-order valence-corrected chi connectivity index (χ1v) is 15.8. The molecule has 4 saturated carbocycles. The smallest absolute Gasteiger partial charge is 0.410 e. The molecular formula is C32H53N3O5. The van der Waals surface area contributed by atoms with E-state index in [0.717, 1.165) is 64.5 Å². The Morgan fingerprint density at radius 1 is 0.625 bits per heavy atom. The van der Waals surface area contributed by atoms with Gasteiger partial charge in [0.2, 0.25) is 0 Å². The fourth-order valence-electron chi connectivity index (χ4n) is 8.02. The molecule has 6 rings (SSSR count). The van der Waals surface area contributed by atoms with Crippen LogP contribution in [0.2, 0.25) is 0 Å². The van der Waals surface area contributed by atoms with E-state index >= 15 is 0 Å². The van der Waals surface area contributed by atoms with Gasteiger partial charge in [-0.25, -0.2) is 9.59 Å². The number of carbonyl (C=O) groups excluding carboxylic acids is 3. The van der Waals surface area contributed by atoms with Gasteiger partial charge in [-0.15, -0.1) is 0 Å². The summed E-state index contributed by atoms with van der Waals surface area (Å²) in [6.45, 7) is 14.3. The number of carbonyl (C=O) groups is 3. The van der Waals surface area contributed by atoms with Crippen LogP contribution in [0.4, 0.5) is 9.59 Å². The van der Waals surface area contributed by atoms with Crippen LogP contribution in [0.25, 0.3) is 0 Å². The van der Waals surface area contributed by atoms with Crippen LogP contribution in [-0.4, -0.2) is 71.2 Å². The second kappa shape index (κ2) is 9.88. The van der Waals surface area contributed by atoms with Gasteiger partial charge in [0.25, 0.3) is 0 Å². The van der Waals surface area contributed by atoms with Crippen LogP contribution in [0.15, 0.2) is 0 Å². The van der Waals surface area contributed by atoms with Crippen LogP contribution in [-0.2, 0) is 14.3 Å². The van der Waals surface area contributed by atoms with Crippen molar-refractivity contribution in [3.8, 4) is 0 Å². The fourth-order valence-corrected chi connectivity index (χ4v) is 8.02. The van der Waals surface area contributed by atoms with Crippen molar-refractivity contribution in [1.29, 1.82) is 0 Å². The Morgan fingerprint density at radius 2 is 0.950 bits per heavy atom. The van der Waals surface area contributed by atoms with E-state index in [-0.39, 0.29) is 23.0 Å². The molecule has 0 bridgehead atoms. The number of rotatable bonds is 0. The van der Waals surface area contributed by atoms with Crippen LogP contribution >= 0.6 is 0 Å². The van der Waals surface area contributed by atoms with Crippen molar-refractivity contribution in [3.63, 3.8) is 0 Å². The van der Waals surface area contributed by atoms with E-state index in [2.05, 4.69) is 0 Å². The lowest BCUT2D eigenvalue weighted by molar-refractivity contribution is -0.132. The summed E-state index contributed by atoms with van der Waals surface area (Å²) >= 11 is 0. The van der Waals surface area contributed by atoms with E-state index in [9.17, 15) is 14.4 Å². The Balaban J connectivity index is 0.000000161. The number of nitrogens with two attached hydrogens (primary N) is 1. The summed E-state index contributed by atoms with van der Waals surface area (Å²) < 4.78 is 10.9. The molecule has 2 saturated heterocycles. The molecule has 0 aromatic rings. The maximum Gasteiger partial charge on any atom is 0.410 e. The zero-order chi connectivity index (χ0) is 29.2. The van der Waals surface area contributed by atoms with Gasteiger partial charge in [0.05, 0.1) is 0 Å². The third-order valence-electron chi connectivity index (χ3n) is 11.0. The highest BCUT2D eigenvalue weighted by Gasteiger charge is 2.63. The van der Waals surface area contributed by atoms with E-state index in [4.69, 9.17) is 15.2 Å². The first-order valence-electron chi connectivity index (χ1n) is 15.8. The molecule has 0 aromatic heterocycles. The van der Waals surface area contributed by atoms with Crippen molar-refractivity contribution in [3.05, 3.63) is 0 Å². The molecule has 2 N–H and O–H groups in total. The molecule has 226 valence electrons. The van der Waals surface area contributed by atoms with E-state index in [1.54, 1.807) is 4.90 Å². The van der Waals surface area contributed by atoms with E-state index in [1.165, 1.54) is 25.7 Å². The first kappa shape index (κ1) is 29.7. The molecular weight excluding hydrogens is 506 g/mol. The second-order valence-corrected chi connectivity index (χ2v) is 16.0. The van der Waals surface area contributed by atoms with E-state index < -0.39 is 11.2 Å². The average Bonchev–Trinajstić information content (AvgIpc) is 3.78. The molecule has 4 spiro atoms. The fraction of sp³-hybridized carbons (Fsp3) is 0.906. The van der Waals surface area contributed by atoms with Gasteiger partial charge in [-0.3, -0.25) is 4.79 Å². The number of Topliss-reactive ketones (excluding diaryl/α,β-unsaturated/α-hetero) is 1. The minimum absolute atomic E-state index is 0.0636. The molecule has 0 aromatic carbocycles. The molecule has 8 nitrogen and oxygen atoms in total. The molecule has 8 heteroatoms. The summed E-state index contributed by atoms with van der Waals surface area (Å²) in [5.74, 6) is 0.508. The van der Waals surface area contributed by atoms with Crippen molar-refractivity contribution >= 4 is 18.0 Å². The van der Waals surface area contributed by atoms with Gasteiger partial charge in [0, 0.05) is 43.1 Å². The molecule has 1 unspecified atom stereocenters. The van der Waals surface area contributed by atoms with Crippen molar-refractivity contribution in [1.82, 2.24) is 9.80 Å². The van der Waals surface area contributed by atoms with Crippen molar-refractivity contribution in [2.24, 2.45) is 27.4 Å². The lowest BCUT2D eigenvalue weighted by Gasteiger charge is -2.43. The molecule has 1 atom stereocenters. The standard InChI is InChI=1S/C16H28N2O2.C16H25NO3/c1-14(2,3)20-13(19)18-10-8-16(9-11-18)7-6-15(4-5-15)12(16)17;1-14(2,3)20-13(19)17-10-8-16(9-11-17)7-6-15(4-5-15)12(16)18/h12H,4-11,17H2,1-3H3;4-11H2,1-3H3. The topological polar surface area (TPSA) is 102 Å². The number of ether oxygens (including phenoxy) is 2. The number of ketones is 1. The van der Waals surface area contributed by atoms with Crippen LogP contribution in [0, 0.1) is 21.7 Å². The molecule has 2 aliphatic heterocycles. The van der Waals surface area contributed by atoms with Crippen molar-refractivity contribution < 1.29 is 23.9 Å². The SMILES string of the molecule is CC(C)(C)OC(=O)N1CCC2(CC1)CCC1(CC1)C2=O.CC(C)(C)OC(=O)N1CCC2(CC1)CCC1(CC1)C2N. The second-order valence-electron chi connectivity index (χ2n) is 16.0. The normalized spacial score (nSPS) is 29.0. The Hall–Kier alpha value is -1.83. The van der Waals surface area contributed by atoms with Gasteiger partial charge >= 0.3 is 12.2 Å². The lowest BCUT2D eigenvalue weighted by Crippen LogP contribution is -2.51. The highest BCUT2D eigenvalue weighted by molar-refractivity contribution is 5.95. The average molecular weight is 560 g/mol. The summed E-state index contributed by atoms with van der Waals surface area (Å²) in [4.78, 5) is 40.4. The summed E-state index contributed by atoms with van der Waals surface area (Å²) in [5.41, 5.74) is 6.44. The van der Waals surface area contributed by atoms with Crippen LogP contribution in [0.5, 0.6) is 0 Å². The molecule has 2 heterocycles. The molecule has 0 radical (unpaired) electrons. The summed E-state index contributed by atoms with van der Waals surface area (Å²) in [7, 11) is 0. The maximum atomic E-state index is 12.6. The van der Waals surface area contributed by atoms with Gasteiger partial charge < -0.3 is 25.0 Å². The minimum atomic E-state index is -0.451. The largest absolute Gasteiger partial charge is 0.444 e. The van der Waals surface area contributed by atoms with E-state index in [0.29, 0.717) is 35.7 Å². The zero-order valence-electron chi connectivity index (χ0n) is 25.9. The predicted molar refractivity (Wildman–Crippen MR) is 154 cm³/mol. The van der Waals surface area contributed by atoms with Crippen molar-refractivity contribution in [2.45, 2.75) is 136 Å². The molecule has 2 amide bonds. The lowest BCUT2D eigenvalue weighted by atomic mass is 9.73. The van der Waals surface area contributed by atoms with Gasteiger partial charge in [0.1, 0.15) is 17.0 Å². The third kappa shape index (κ3) is 5.76. The van der Waals surface area contributed by atoms with Crippen LogP contribution < -0.4 is 5.73 Å². The number of hydrogen-bond donors (Lipinski definition) is 1. The summed E-state index contributed by atoms with van der Waals surface area (Å²) in [6.07, 6.45) is 12.9. The highest BCUT2D eigenvalue weighted by atomic mass is 16.6. The zero-order valence-corrected chi connectivity index (χ0v) is 25.9. The predicted octanol–water partition coefficient (Wildman–Crippen LogP) is 6.05. The Labute approximate surface area is 241 Å². The van der Waals surface area contributed by atoms with Gasteiger partial charge in [-0.1, -0.05) is 0 Å². The molecule has 6 aliphatic rings. The minimum Gasteiger partial charge on any atom is -0.444 e. The molecule has 4 aliphatic carbocycles. The molecule has 6 fully saturated rings.